The van der Waals surface area contributed by atoms with E-state index in [1.807, 2.05) is 0 Å². The van der Waals surface area contributed by atoms with Crippen LogP contribution < -0.4 is 5.14 Å². The maximum absolute atomic E-state index is 11.4. The molecule has 1 aliphatic rings. The van der Waals surface area contributed by atoms with Crippen LogP contribution in [-0.4, -0.2) is 52.8 Å². The van der Waals surface area contributed by atoms with Gasteiger partial charge in [0.2, 0.25) is 0 Å². The molecular weight excluding hydrogens is 286 g/mol. The van der Waals surface area contributed by atoms with Crippen molar-refractivity contribution in [1.82, 2.24) is 19.5 Å². The lowest BCUT2D eigenvalue weighted by atomic mass is 10.2. The van der Waals surface area contributed by atoms with Crippen LogP contribution in [-0.2, 0) is 15.7 Å². The number of hydrogen-bond acceptors (Lipinski definition) is 7. The lowest BCUT2D eigenvalue weighted by Crippen LogP contribution is -2.24. The lowest BCUT2D eigenvalue weighted by Gasteiger charge is -2.13. The Labute approximate surface area is 116 Å². The van der Waals surface area contributed by atoms with E-state index in [9.17, 15) is 9.32 Å². The summed E-state index contributed by atoms with van der Waals surface area (Å²) in [4.78, 5) is 12.0. The zero-order valence-corrected chi connectivity index (χ0v) is 11.1. The predicted octanol–water partition coefficient (Wildman–Crippen LogP) is -1.55. The van der Waals surface area contributed by atoms with E-state index in [0.29, 0.717) is 17.6 Å². The van der Waals surface area contributed by atoms with Crippen molar-refractivity contribution in [3.05, 3.63) is 12.7 Å². The number of aliphatic hydroxyl groups is 2. The first-order valence-corrected chi connectivity index (χ1v) is 7.11. The molecular formula is C10H13N5O4S. The van der Waals surface area contributed by atoms with Crippen LogP contribution in [0.1, 0.15) is 12.6 Å². The first-order valence-electron chi connectivity index (χ1n) is 5.90. The molecule has 1 unspecified atom stereocenters. The van der Waals surface area contributed by atoms with Gasteiger partial charge in [-0.3, -0.25) is 4.57 Å². The quantitative estimate of drug-likeness (QED) is 0.583. The summed E-state index contributed by atoms with van der Waals surface area (Å²) in [6.07, 6.45) is 1.13. The maximum atomic E-state index is 11.4. The van der Waals surface area contributed by atoms with Crippen LogP contribution in [0.15, 0.2) is 17.7 Å². The van der Waals surface area contributed by atoms with Gasteiger partial charge >= 0.3 is 0 Å². The lowest BCUT2D eigenvalue weighted by molar-refractivity contribution is -0.0432. The van der Waals surface area contributed by atoms with Gasteiger partial charge in [-0.25, -0.2) is 24.3 Å². The molecule has 0 aliphatic carbocycles. The first-order chi connectivity index (χ1) is 9.61. The topological polar surface area (TPSA) is 136 Å². The van der Waals surface area contributed by atoms with Crippen molar-refractivity contribution < 1.29 is 19.2 Å². The highest BCUT2D eigenvalue weighted by Crippen LogP contribution is 2.30. The number of fused-ring (bicyclic) bond motifs is 1. The van der Waals surface area contributed by atoms with Crippen molar-refractivity contribution in [1.29, 1.82) is 0 Å². The molecule has 4 N–H and O–H groups in total. The third kappa shape index (κ3) is 2.11. The Morgan fingerprint density at radius 1 is 1.50 bits per heavy atom. The molecule has 4 atom stereocenters. The Bertz CT molecular complexity index is 662. The molecule has 1 saturated heterocycles. The summed E-state index contributed by atoms with van der Waals surface area (Å²) in [7, 11) is -1.76. The molecule has 0 spiro atoms. The van der Waals surface area contributed by atoms with E-state index in [1.165, 1.54) is 12.7 Å². The van der Waals surface area contributed by atoms with Gasteiger partial charge in [-0.05, 0) is 0 Å². The van der Waals surface area contributed by atoms with Crippen molar-refractivity contribution in [2.45, 2.75) is 29.9 Å². The van der Waals surface area contributed by atoms with Crippen LogP contribution in [0.5, 0.6) is 0 Å². The first kappa shape index (κ1) is 13.5. The fourth-order valence-corrected chi connectivity index (χ4v) is 2.72. The molecule has 2 aromatic heterocycles. The molecule has 108 valence electrons. The standard InChI is InChI=1S/C10H13N5O4S/c11-20(18)10-8-9(12-3-13-10)15(4-14-8)7-1-5(17)6(2-16)19-7/h3-7,16-17H,1-2,11H2/t5-,6+,7-,20?/m0/s1. The summed E-state index contributed by atoms with van der Waals surface area (Å²) < 4.78 is 18.5. The van der Waals surface area contributed by atoms with Gasteiger partial charge in [-0.15, -0.1) is 0 Å². The number of aromatic nitrogens is 4. The van der Waals surface area contributed by atoms with Gasteiger partial charge in [0.15, 0.2) is 10.7 Å². The van der Waals surface area contributed by atoms with Gasteiger partial charge in [0.1, 0.15) is 35.2 Å². The summed E-state index contributed by atoms with van der Waals surface area (Å²) in [5.74, 6) is 0. The van der Waals surface area contributed by atoms with Gasteiger partial charge in [-0.2, -0.15) is 0 Å². The summed E-state index contributed by atoms with van der Waals surface area (Å²) in [6.45, 7) is -0.267. The number of aliphatic hydroxyl groups excluding tert-OH is 2. The molecule has 3 rings (SSSR count). The van der Waals surface area contributed by atoms with Gasteiger partial charge < -0.3 is 14.9 Å². The van der Waals surface area contributed by atoms with Crippen molar-refractivity contribution in [2.24, 2.45) is 5.14 Å². The second-order valence-electron chi connectivity index (χ2n) is 4.42. The van der Waals surface area contributed by atoms with Crippen molar-refractivity contribution in [2.75, 3.05) is 6.61 Å². The zero-order chi connectivity index (χ0) is 14.3. The van der Waals surface area contributed by atoms with Gasteiger partial charge in [0, 0.05) is 6.42 Å². The third-order valence-corrected chi connectivity index (χ3v) is 3.89. The Kier molecular flexibility index (Phi) is 3.48. The van der Waals surface area contributed by atoms with E-state index in [4.69, 9.17) is 15.0 Å². The SMILES string of the molecule is NS(=O)c1ncnc2c1ncn2[C@@H]1C[C@H](O)[C@@H](CO)O1. The highest BCUT2D eigenvalue weighted by atomic mass is 32.2. The Hall–Kier alpha value is -1.46. The fourth-order valence-electron chi connectivity index (χ4n) is 2.24. The highest BCUT2D eigenvalue weighted by Gasteiger charge is 2.35. The van der Waals surface area contributed by atoms with Crippen LogP contribution in [0.3, 0.4) is 0 Å². The van der Waals surface area contributed by atoms with Gasteiger partial charge in [0.25, 0.3) is 0 Å². The number of hydrogen-bond donors (Lipinski definition) is 3. The Morgan fingerprint density at radius 3 is 2.95 bits per heavy atom. The summed E-state index contributed by atoms with van der Waals surface area (Å²) in [6, 6.07) is 0. The van der Waals surface area contributed by atoms with Crippen LogP contribution in [0.4, 0.5) is 0 Å². The number of imidazole rings is 1. The van der Waals surface area contributed by atoms with Crippen LogP contribution >= 0.6 is 0 Å². The minimum atomic E-state index is -1.76. The summed E-state index contributed by atoms with van der Waals surface area (Å²) >= 11 is 0. The fraction of sp³-hybridized carbons (Fsp3) is 0.500. The normalized spacial score (nSPS) is 28.1. The molecule has 20 heavy (non-hydrogen) atoms. The second-order valence-corrected chi connectivity index (χ2v) is 5.40. The summed E-state index contributed by atoms with van der Waals surface area (Å²) in [5, 5.41) is 24.3. The highest BCUT2D eigenvalue weighted by molar-refractivity contribution is 7.82. The van der Waals surface area contributed by atoms with Crippen molar-refractivity contribution in [3.63, 3.8) is 0 Å². The smallest absolute Gasteiger partial charge is 0.173 e. The largest absolute Gasteiger partial charge is 0.394 e. The number of nitrogens with zero attached hydrogens (tertiary/aromatic N) is 4. The number of rotatable bonds is 3. The number of ether oxygens (including phenoxy) is 1. The van der Waals surface area contributed by atoms with E-state index < -0.39 is 29.4 Å². The van der Waals surface area contributed by atoms with Crippen molar-refractivity contribution >= 4 is 22.1 Å². The average molecular weight is 299 g/mol. The van der Waals surface area contributed by atoms with Crippen molar-refractivity contribution in [3.8, 4) is 0 Å². The summed E-state index contributed by atoms with van der Waals surface area (Å²) in [5.41, 5.74) is 0.753. The van der Waals surface area contributed by atoms with Gasteiger partial charge in [-0.1, -0.05) is 0 Å². The molecule has 0 radical (unpaired) electrons. The van der Waals surface area contributed by atoms with Crippen LogP contribution in [0.2, 0.25) is 0 Å². The minimum absolute atomic E-state index is 0.144. The average Bonchev–Trinajstić information content (AvgIpc) is 3.01. The number of nitrogens with two attached hydrogens (primary N) is 1. The molecule has 3 heterocycles. The zero-order valence-electron chi connectivity index (χ0n) is 10.3. The van der Waals surface area contributed by atoms with Crippen LogP contribution in [0.25, 0.3) is 11.2 Å². The van der Waals surface area contributed by atoms with E-state index >= 15 is 0 Å². The van der Waals surface area contributed by atoms with E-state index in [0.717, 1.165) is 0 Å². The molecule has 2 aromatic rings. The molecule has 0 amide bonds. The predicted molar refractivity (Wildman–Crippen MR) is 67.5 cm³/mol. The Balaban J connectivity index is 2.02. The van der Waals surface area contributed by atoms with E-state index in [-0.39, 0.29) is 11.6 Å². The van der Waals surface area contributed by atoms with E-state index in [2.05, 4.69) is 15.0 Å². The second kappa shape index (κ2) is 5.14. The molecule has 0 saturated carbocycles. The molecule has 0 bridgehead atoms. The maximum Gasteiger partial charge on any atom is 0.173 e. The minimum Gasteiger partial charge on any atom is -0.394 e. The van der Waals surface area contributed by atoms with Crippen LogP contribution in [0, 0.1) is 0 Å². The molecule has 1 aliphatic heterocycles. The third-order valence-electron chi connectivity index (χ3n) is 3.21. The Morgan fingerprint density at radius 2 is 2.30 bits per heavy atom. The van der Waals surface area contributed by atoms with Gasteiger partial charge in [0.05, 0.1) is 19.0 Å². The molecule has 9 nitrogen and oxygen atoms in total. The molecule has 10 heteroatoms. The van der Waals surface area contributed by atoms with E-state index in [1.54, 1.807) is 4.57 Å². The molecule has 1 fully saturated rings. The monoisotopic (exact) mass is 299 g/mol. The molecule has 0 aromatic carbocycles.